The van der Waals surface area contributed by atoms with E-state index in [1.54, 1.807) is 18.2 Å². The normalized spacial score (nSPS) is 10.2. The van der Waals surface area contributed by atoms with E-state index in [-0.39, 0.29) is 30.6 Å². The summed E-state index contributed by atoms with van der Waals surface area (Å²) < 4.78 is 13.5. The lowest BCUT2D eigenvalue weighted by Gasteiger charge is -2.11. The van der Waals surface area contributed by atoms with Gasteiger partial charge in [0.15, 0.2) is 0 Å². The van der Waals surface area contributed by atoms with Crippen molar-refractivity contribution in [1.29, 1.82) is 0 Å². The van der Waals surface area contributed by atoms with Gasteiger partial charge in [-0.1, -0.05) is 30.3 Å². The highest BCUT2D eigenvalue weighted by Gasteiger charge is 2.07. The first-order valence-corrected chi connectivity index (χ1v) is 8.29. The molecule has 0 spiro atoms. The fourth-order valence-electron chi connectivity index (χ4n) is 1.96. The van der Waals surface area contributed by atoms with Gasteiger partial charge in [-0.3, -0.25) is 9.59 Å². The van der Waals surface area contributed by atoms with Crippen LogP contribution in [0.25, 0.3) is 0 Å². The Labute approximate surface area is 143 Å². The van der Waals surface area contributed by atoms with Crippen molar-refractivity contribution in [2.24, 2.45) is 5.73 Å². The smallest absolute Gasteiger partial charge is 0.239 e. The molecule has 2 aromatic rings. The predicted octanol–water partition coefficient (Wildman–Crippen LogP) is 2.13. The fraction of sp³-hybridized carbons (Fsp3) is 0.176. The van der Waals surface area contributed by atoms with Crippen LogP contribution in [-0.4, -0.2) is 24.1 Å². The molecule has 2 aromatic carbocycles. The third-order valence-corrected chi connectivity index (χ3v) is 4.23. The Morgan fingerprint density at radius 3 is 2.54 bits per heavy atom. The number of amides is 2. The van der Waals surface area contributed by atoms with Gasteiger partial charge >= 0.3 is 0 Å². The number of rotatable bonds is 8. The number of thioether (sulfide) groups is 1. The van der Waals surface area contributed by atoms with Gasteiger partial charge in [0.1, 0.15) is 5.82 Å². The van der Waals surface area contributed by atoms with E-state index in [1.165, 1.54) is 17.8 Å². The fourth-order valence-corrected chi connectivity index (χ4v) is 2.73. The number of carbonyl (C=O) groups is 2. The Hall–Kier alpha value is -2.54. The molecule has 0 bridgehead atoms. The molecule has 0 atom stereocenters. The number of nitrogens with two attached hydrogens (primary N) is 1. The monoisotopic (exact) mass is 347 g/mol. The van der Waals surface area contributed by atoms with Crippen LogP contribution in [0, 0.1) is 5.82 Å². The molecular formula is C17H18FN3O2S. The molecule has 0 aliphatic carbocycles. The van der Waals surface area contributed by atoms with Gasteiger partial charge in [-0.2, -0.15) is 0 Å². The molecule has 4 N–H and O–H groups in total. The molecule has 24 heavy (non-hydrogen) atoms. The molecule has 0 radical (unpaired) electrons. The molecule has 0 aliphatic rings. The molecular weight excluding hydrogens is 329 g/mol. The number of benzene rings is 2. The van der Waals surface area contributed by atoms with E-state index in [0.29, 0.717) is 5.56 Å². The Morgan fingerprint density at radius 2 is 1.79 bits per heavy atom. The number of para-hydroxylation sites is 1. The van der Waals surface area contributed by atoms with Crippen molar-refractivity contribution in [3.05, 3.63) is 59.9 Å². The van der Waals surface area contributed by atoms with Crippen LogP contribution in [0.15, 0.2) is 53.4 Å². The summed E-state index contributed by atoms with van der Waals surface area (Å²) in [5.41, 5.74) is 6.32. The Bertz CT molecular complexity index is 724. The number of halogens is 1. The molecule has 0 saturated heterocycles. The van der Waals surface area contributed by atoms with E-state index >= 15 is 0 Å². The van der Waals surface area contributed by atoms with Crippen LogP contribution in [0.5, 0.6) is 0 Å². The van der Waals surface area contributed by atoms with Gasteiger partial charge in [0.2, 0.25) is 11.8 Å². The molecule has 0 unspecified atom stereocenters. The highest BCUT2D eigenvalue weighted by atomic mass is 32.2. The number of hydrogen-bond acceptors (Lipinski definition) is 4. The second-order valence-corrected chi connectivity index (χ2v) is 5.99. The van der Waals surface area contributed by atoms with Crippen LogP contribution in [0.3, 0.4) is 0 Å². The number of carbonyl (C=O) groups excluding carboxylic acids is 2. The quantitative estimate of drug-likeness (QED) is 0.639. The van der Waals surface area contributed by atoms with E-state index in [0.717, 1.165) is 10.6 Å². The van der Waals surface area contributed by atoms with Crippen molar-refractivity contribution in [1.82, 2.24) is 5.32 Å². The zero-order valence-electron chi connectivity index (χ0n) is 12.9. The molecule has 0 saturated carbocycles. The Morgan fingerprint density at radius 1 is 1.08 bits per heavy atom. The van der Waals surface area contributed by atoms with Crippen LogP contribution in [0.4, 0.5) is 10.1 Å². The SMILES string of the molecule is NC(=O)CSc1ccccc1NCC(=O)NCc1ccccc1F. The van der Waals surface area contributed by atoms with Crippen molar-refractivity contribution in [3.8, 4) is 0 Å². The second-order valence-electron chi connectivity index (χ2n) is 4.97. The van der Waals surface area contributed by atoms with Crippen molar-refractivity contribution in [2.45, 2.75) is 11.4 Å². The zero-order chi connectivity index (χ0) is 17.4. The number of anilines is 1. The molecule has 0 aliphatic heterocycles. The molecule has 0 fully saturated rings. The minimum Gasteiger partial charge on any atom is -0.375 e. The summed E-state index contributed by atoms with van der Waals surface area (Å²) in [5, 5.41) is 5.67. The van der Waals surface area contributed by atoms with Crippen LogP contribution >= 0.6 is 11.8 Å². The molecule has 126 valence electrons. The van der Waals surface area contributed by atoms with E-state index in [1.807, 2.05) is 24.3 Å². The predicted molar refractivity (Wildman–Crippen MR) is 93.1 cm³/mol. The van der Waals surface area contributed by atoms with Gasteiger partial charge in [-0.05, 0) is 18.2 Å². The average molecular weight is 347 g/mol. The van der Waals surface area contributed by atoms with Crippen molar-refractivity contribution < 1.29 is 14.0 Å². The second kappa shape index (κ2) is 8.93. The summed E-state index contributed by atoms with van der Waals surface area (Å²) in [5.74, 6) is -0.845. The van der Waals surface area contributed by atoms with Crippen LogP contribution in [0.2, 0.25) is 0 Å². The maximum Gasteiger partial charge on any atom is 0.239 e. The zero-order valence-corrected chi connectivity index (χ0v) is 13.7. The van der Waals surface area contributed by atoms with Gasteiger partial charge in [-0.15, -0.1) is 11.8 Å². The van der Waals surface area contributed by atoms with Crippen molar-refractivity contribution >= 4 is 29.3 Å². The van der Waals surface area contributed by atoms with E-state index < -0.39 is 5.91 Å². The van der Waals surface area contributed by atoms with E-state index in [9.17, 15) is 14.0 Å². The lowest BCUT2D eigenvalue weighted by atomic mass is 10.2. The minimum absolute atomic E-state index is 0.0442. The largest absolute Gasteiger partial charge is 0.375 e. The first-order chi connectivity index (χ1) is 11.6. The molecule has 0 aromatic heterocycles. The highest BCUT2D eigenvalue weighted by Crippen LogP contribution is 2.26. The maximum absolute atomic E-state index is 13.5. The number of nitrogens with one attached hydrogen (secondary N) is 2. The summed E-state index contributed by atoms with van der Waals surface area (Å²) in [4.78, 5) is 23.6. The van der Waals surface area contributed by atoms with E-state index in [2.05, 4.69) is 10.6 Å². The first kappa shape index (κ1) is 17.8. The van der Waals surface area contributed by atoms with Crippen molar-refractivity contribution in [2.75, 3.05) is 17.6 Å². The van der Waals surface area contributed by atoms with Gasteiger partial charge in [0, 0.05) is 22.7 Å². The third kappa shape index (κ3) is 5.58. The molecule has 0 heterocycles. The van der Waals surface area contributed by atoms with E-state index in [4.69, 9.17) is 5.73 Å². The van der Waals surface area contributed by atoms with Gasteiger partial charge in [0.25, 0.3) is 0 Å². The lowest BCUT2D eigenvalue weighted by molar-refractivity contribution is -0.119. The number of primary amides is 1. The minimum atomic E-state index is -0.405. The average Bonchev–Trinajstić information content (AvgIpc) is 2.58. The van der Waals surface area contributed by atoms with Gasteiger partial charge < -0.3 is 16.4 Å². The summed E-state index contributed by atoms with van der Waals surface area (Å²) in [6.07, 6.45) is 0. The summed E-state index contributed by atoms with van der Waals surface area (Å²) in [6.45, 7) is 0.174. The van der Waals surface area contributed by atoms with Crippen molar-refractivity contribution in [3.63, 3.8) is 0 Å². The summed E-state index contributed by atoms with van der Waals surface area (Å²) in [7, 11) is 0. The molecule has 7 heteroatoms. The van der Waals surface area contributed by atoms with Gasteiger partial charge in [-0.25, -0.2) is 4.39 Å². The topological polar surface area (TPSA) is 84.2 Å². The Balaban J connectivity index is 1.85. The lowest BCUT2D eigenvalue weighted by Crippen LogP contribution is -2.29. The number of hydrogen-bond donors (Lipinski definition) is 3. The van der Waals surface area contributed by atoms with Crippen LogP contribution < -0.4 is 16.4 Å². The third-order valence-electron chi connectivity index (χ3n) is 3.13. The van der Waals surface area contributed by atoms with Crippen LogP contribution in [-0.2, 0) is 16.1 Å². The maximum atomic E-state index is 13.5. The van der Waals surface area contributed by atoms with Crippen LogP contribution in [0.1, 0.15) is 5.56 Å². The summed E-state index contributed by atoms with van der Waals surface area (Å²) in [6, 6.07) is 13.6. The van der Waals surface area contributed by atoms with Gasteiger partial charge in [0.05, 0.1) is 12.3 Å². The standard InChI is InChI=1S/C17H18FN3O2S/c18-13-6-2-1-5-12(13)9-21-17(23)10-20-14-7-3-4-8-15(14)24-11-16(19)22/h1-8,20H,9-11H2,(H2,19,22)(H,21,23). The molecule has 5 nitrogen and oxygen atoms in total. The molecule has 2 amide bonds. The highest BCUT2D eigenvalue weighted by molar-refractivity contribution is 8.00. The Kier molecular flexibility index (Phi) is 6.62. The summed E-state index contributed by atoms with van der Waals surface area (Å²) >= 11 is 1.30. The first-order valence-electron chi connectivity index (χ1n) is 7.30. The molecule has 2 rings (SSSR count).